The van der Waals surface area contributed by atoms with Gasteiger partial charge in [-0.1, -0.05) is 6.92 Å². The first kappa shape index (κ1) is 18.0. The zero-order chi connectivity index (χ0) is 16.4. The van der Waals surface area contributed by atoms with Crippen molar-refractivity contribution in [2.75, 3.05) is 32.1 Å². The number of ether oxygens (including phenoxy) is 1. The lowest BCUT2D eigenvalue weighted by molar-refractivity contribution is -0.120. The summed E-state index contributed by atoms with van der Waals surface area (Å²) in [6.45, 7) is 5.16. The van der Waals surface area contributed by atoms with Crippen molar-refractivity contribution in [2.24, 2.45) is 0 Å². The second-order valence-electron chi connectivity index (χ2n) is 5.06. The number of hydrogen-bond donors (Lipinski definition) is 3. The van der Waals surface area contributed by atoms with E-state index < -0.39 is 0 Å². The third kappa shape index (κ3) is 6.58. The average Bonchev–Trinajstić information content (AvgIpc) is 2.53. The molecule has 0 spiro atoms. The molecule has 2 amide bonds. The van der Waals surface area contributed by atoms with Crippen LogP contribution in [0.25, 0.3) is 0 Å². The number of carbonyl (C=O) groups excluding carboxylic acids is 2. The van der Waals surface area contributed by atoms with Gasteiger partial charge in [-0.05, 0) is 37.6 Å². The first-order valence-electron chi connectivity index (χ1n) is 7.47. The Balaban J connectivity index is 2.41. The molecular formula is C16H25N3O3. The van der Waals surface area contributed by atoms with Gasteiger partial charge in [0.15, 0.2) is 0 Å². The first-order valence-corrected chi connectivity index (χ1v) is 7.47. The molecule has 0 bridgehead atoms. The third-order valence-electron chi connectivity index (χ3n) is 3.21. The van der Waals surface area contributed by atoms with Gasteiger partial charge in [0.1, 0.15) is 0 Å². The molecule has 6 nitrogen and oxygen atoms in total. The van der Waals surface area contributed by atoms with E-state index in [1.807, 2.05) is 13.8 Å². The Labute approximate surface area is 131 Å². The fraction of sp³-hybridized carbons (Fsp3) is 0.500. The molecule has 3 N–H and O–H groups in total. The van der Waals surface area contributed by atoms with Crippen LogP contribution < -0.4 is 16.0 Å². The molecule has 0 fully saturated rings. The largest absolute Gasteiger partial charge is 0.383 e. The van der Waals surface area contributed by atoms with Crippen LogP contribution >= 0.6 is 0 Å². The molecule has 22 heavy (non-hydrogen) atoms. The van der Waals surface area contributed by atoms with E-state index in [4.69, 9.17) is 4.74 Å². The van der Waals surface area contributed by atoms with Crippen molar-refractivity contribution in [3.63, 3.8) is 0 Å². The minimum Gasteiger partial charge on any atom is -0.383 e. The standard InChI is InChI=1S/C16H25N3O3/c1-4-12(2)19-15(20)11-18-14-7-5-13(6-8-14)16(21)17-9-10-22-3/h5-8,12,18H,4,9-11H2,1-3H3,(H,17,21)(H,19,20). The van der Waals surface area contributed by atoms with E-state index in [2.05, 4.69) is 16.0 Å². The quantitative estimate of drug-likeness (QED) is 0.602. The lowest BCUT2D eigenvalue weighted by Crippen LogP contribution is -2.36. The van der Waals surface area contributed by atoms with Crippen LogP contribution in [-0.4, -0.2) is 44.7 Å². The maximum absolute atomic E-state index is 11.8. The zero-order valence-corrected chi connectivity index (χ0v) is 13.4. The number of carbonyl (C=O) groups is 2. The third-order valence-corrected chi connectivity index (χ3v) is 3.21. The van der Waals surface area contributed by atoms with E-state index in [9.17, 15) is 9.59 Å². The van der Waals surface area contributed by atoms with E-state index in [-0.39, 0.29) is 24.4 Å². The van der Waals surface area contributed by atoms with Gasteiger partial charge in [0, 0.05) is 30.9 Å². The Kier molecular flexibility index (Phi) is 7.99. The van der Waals surface area contributed by atoms with Crippen LogP contribution in [0.1, 0.15) is 30.6 Å². The van der Waals surface area contributed by atoms with Crippen LogP contribution in [0.3, 0.4) is 0 Å². The molecule has 0 heterocycles. The number of rotatable bonds is 9. The molecule has 1 unspecified atom stereocenters. The number of methoxy groups -OCH3 is 1. The minimum atomic E-state index is -0.141. The molecule has 0 aliphatic rings. The maximum Gasteiger partial charge on any atom is 0.251 e. The van der Waals surface area contributed by atoms with E-state index in [0.717, 1.165) is 12.1 Å². The van der Waals surface area contributed by atoms with Gasteiger partial charge in [-0.2, -0.15) is 0 Å². The molecule has 1 rings (SSSR count). The van der Waals surface area contributed by atoms with Gasteiger partial charge in [-0.25, -0.2) is 0 Å². The van der Waals surface area contributed by atoms with Gasteiger partial charge in [0.05, 0.1) is 13.2 Å². The van der Waals surface area contributed by atoms with Crippen molar-refractivity contribution in [3.8, 4) is 0 Å². The summed E-state index contributed by atoms with van der Waals surface area (Å²) in [7, 11) is 1.59. The molecule has 0 radical (unpaired) electrons. The number of hydrogen-bond acceptors (Lipinski definition) is 4. The van der Waals surface area contributed by atoms with E-state index in [0.29, 0.717) is 18.7 Å². The van der Waals surface area contributed by atoms with Gasteiger partial charge in [-0.15, -0.1) is 0 Å². The Hall–Kier alpha value is -2.08. The van der Waals surface area contributed by atoms with Crippen LogP contribution in [0.4, 0.5) is 5.69 Å². The average molecular weight is 307 g/mol. The first-order chi connectivity index (χ1) is 10.6. The van der Waals surface area contributed by atoms with Gasteiger partial charge < -0.3 is 20.7 Å². The summed E-state index contributed by atoms with van der Waals surface area (Å²) < 4.78 is 4.87. The molecule has 0 aliphatic heterocycles. The minimum absolute atomic E-state index is 0.0456. The summed E-state index contributed by atoms with van der Waals surface area (Å²) in [5, 5.41) is 8.66. The number of nitrogens with one attached hydrogen (secondary N) is 3. The summed E-state index contributed by atoms with van der Waals surface area (Å²) in [4.78, 5) is 23.5. The lowest BCUT2D eigenvalue weighted by Gasteiger charge is -2.12. The summed E-state index contributed by atoms with van der Waals surface area (Å²) >= 11 is 0. The van der Waals surface area contributed by atoms with Crippen molar-refractivity contribution < 1.29 is 14.3 Å². The topological polar surface area (TPSA) is 79.5 Å². The van der Waals surface area contributed by atoms with Crippen LogP contribution in [0.5, 0.6) is 0 Å². The predicted octanol–water partition coefficient (Wildman–Crippen LogP) is 1.39. The highest BCUT2D eigenvalue weighted by Crippen LogP contribution is 2.09. The monoisotopic (exact) mass is 307 g/mol. The number of amides is 2. The van der Waals surface area contributed by atoms with Crippen molar-refractivity contribution in [1.29, 1.82) is 0 Å². The van der Waals surface area contributed by atoms with Crippen molar-refractivity contribution in [1.82, 2.24) is 10.6 Å². The van der Waals surface area contributed by atoms with Gasteiger partial charge in [-0.3, -0.25) is 9.59 Å². The summed E-state index contributed by atoms with van der Waals surface area (Å²) in [5.41, 5.74) is 1.37. The number of benzene rings is 1. The van der Waals surface area contributed by atoms with Gasteiger partial charge >= 0.3 is 0 Å². The van der Waals surface area contributed by atoms with Crippen LogP contribution in [0.2, 0.25) is 0 Å². The van der Waals surface area contributed by atoms with Crippen molar-refractivity contribution in [2.45, 2.75) is 26.3 Å². The van der Waals surface area contributed by atoms with Crippen LogP contribution in [-0.2, 0) is 9.53 Å². The van der Waals surface area contributed by atoms with E-state index >= 15 is 0 Å². The normalized spacial score (nSPS) is 11.6. The highest BCUT2D eigenvalue weighted by molar-refractivity contribution is 5.94. The lowest BCUT2D eigenvalue weighted by atomic mass is 10.2. The van der Waals surface area contributed by atoms with Crippen molar-refractivity contribution in [3.05, 3.63) is 29.8 Å². The molecule has 1 atom stereocenters. The summed E-state index contributed by atoms with van der Waals surface area (Å²) in [6, 6.07) is 7.17. The Morgan fingerprint density at radius 3 is 2.50 bits per heavy atom. The van der Waals surface area contributed by atoms with Gasteiger partial charge in [0.2, 0.25) is 5.91 Å². The smallest absolute Gasteiger partial charge is 0.251 e. The zero-order valence-electron chi connectivity index (χ0n) is 13.4. The Bertz CT molecular complexity index is 474. The second kappa shape index (κ2) is 9.78. The molecule has 0 saturated carbocycles. The fourth-order valence-corrected chi connectivity index (χ4v) is 1.72. The molecule has 1 aromatic carbocycles. The van der Waals surface area contributed by atoms with E-state index in [1.165, 1.54) is 0 Å². The molecule has 6 heteroatoms. The highest BCUT2D eigenvalue weighted by atomic mass is 16.5. The maximum atomic E-state index is 11.8. The SMILES string of the molecule is CCC(C)NC(=O)CNc1ccc(C(=O)NCCOC)cc1. The van der Waals surface area contributed by atoms with Crippen molar-refractivity contribution >= 4 is 17.5 Å². The molecular weight excluding hydrogens is 282 g/mol. The van der Waals surface area contributed by atoms with Crippen LogP contribution in [0, 0.1) is 0 Å². The van der Waals surface area contributed by atoms with Crippen LogP contribution in [0.15, 0.2) is 24.3 Å². The molecule has 1 aromatic rings. The molecule has 0 saturated heterocycles. The highest BCUT2D eigenvalue weighted by Gasteiger charge is 2.06. The second-order valence-corrected chi connectivity index (χ2v) is 5.06. The molecule has 0 aliphatic carbocycles. The fourth-order valence-electron chi connectivity index (χ4n) is 1.72. The Morgan fingerprint density at radius 1 is 1.23 bits per heavy atom. The Morgan fingerprint density at radius 2 is 1.91 bits per heavy atom. The summed E-state index contributed by atoms with van der Waals surface area (Å²) in [6.07, 6.45) is 0.901. The summed E-state index contributed by atoms with van der Waals surface area (Å²) in [5.74, 6) is -0.186. The number of anilines is 1. The predicted molar refractivity (Wildman–Crippen MR) is 87.0 cm³/mol. The molecule has 122 valence electrons. The van der Waals surface area contributed by atoms with E-state index in [1.54, 1.807) is 31.4 Å². The van der Waals surface area contributed by atoms with Gasteiger partial charge in [0.25, 0.3) is 5.91 Å². The molecule has 0 aromatic heterocycles.